The number of hydrogen-bond donors (Lipinski definition) is 2. The van der Waals surface area contributed by atoms with Crippen LogP contribution in [0.2, 0.25) is 0 Å². The Morgan fingerprint density at radius 1 is 1.33 bits per heavy atom. The molecule has 0 aromatic heterocycles. The fourth-order valence-electron chi connectivity index (χ4n) is 1.42. The van der Waals surface area contributed by atoms with Crippen molar-refractivity contribution in [3.8, 4) is 5.75 Å². The van der Waals surface area contributed by atoms with Gasteiger partial charge in [-0.1, -0.05) is 12.1 Å². The maximum atomic E-state index is 11.7. The first-order valence-corrected chi connectivity index (χ1v) is 5.99. The van der Waals surface area contributed by atoms with Crippen LogP contribution in [0, 0.1) is 0 Å². The average molecular weight is 252 g/mol. The van der Waals surface area contributed by atoms with Gasteiger partial charge in [0.15, 0.2) is 0 Å². The second-order valence-electron chi connectivity index (χ2n) is 3.65. The highest BCUT2D eigenvalue weighted by atomic mass is 16.5. The Morgan fingerprint density at radius 3 is 2.83 bits per heavy atom. The summed E-state index contributed by atoms with van der Waals surface area (Å²) in [4.78, 5) is 11.7. The molecule has 0 saturated carbocycles. The molecular weight excluding hydrogens is 232 g/mol. The van der Waals surface area contributed by atoms with Gasteiger partial charge in [0.2, 0.25) is 5.91 Å². The van der Waals surface area contributed by atoms with E-state index in [1.165, 1.54) is 0 Å². The lowest BCUT2D eigenvalue weighted by Gasteiger charge is -2.11. The molecule has 0 aliphatic heterocycles. The monoisotopic (exact) mass is 252 g/mol. The number of rotatable bonds is 8. The number of methoxy groups -OCH3 is 1. The Kier molecular flexibility index (Phi) is 6.83. The standard InChI is InChI=1S/C13H20N2O3/c1-3-18-12-7-5-4-6-11(12)15-13(16)10-14-8-9-17-2/h4-7,14H,3,8-10H2,1-2H3,(H,15,16). The van der Waals surface area contributed by atoms with E-state index < -0.39 is 0 Å². The van der Waals surface area contributed by atoms with Crippen molar-refractivity contribution in [2.45, 2.75) is 6.92 Å². The highest BCUT2D eigenvalue weighted by Crippen LogP contribution is 2.23. The number of ether oxygens (including phenoxy) is 2. The quantitative estimate of drug-likeness (QED) is 0.684. The number of nitrogens with one attached hydrogen (secondary N) is 2. The first-order valence-electron chi connectivity index (χ1n) is 5.99. The lowest BCUT2D eigenvalue weighted by molar-refractivity contribution is -0.115. The van der Waals surface area contributed by atoms with Crippen LogP contribution in [-0.4, -0.2) is 39.3 Å². The topological polar surface area (TPSA) is 59.6 Å². The van der Waals surface area contributed by atoms with Crippen molar-refractivity contribution in [3.63, 3.8) is 0 Å². The molecule has 0 saturated heterocycles. The Labute approximate surface area is 107 Å². The third kappa shape index (κ3) is 5.16. The van der Waals surface area contributed by atoms with Crippen molar-refractivity contribution in [2.75, 3.05) is 38.7 Å². The van der Waals surface area contributed by atoms with E-state index in [0.29, 0.717) is 31.2 Å². The molecule has 1 rings (SSSR count). The van der Waals surface area contributed by atoms with Gasteiger partial charge in [-0.15, -0.1) is 0 Å². The molecule has 0 bridgehead atoms. The van der Waals surface area contributed by atoms with Gasteiger partial charge in [-0.2, -0.15) is 0 Å². The normalized spacial score (nSPS) is 10.1. The number of para-hydroxylation sites is 2. The first-order chi connectivity index (χ1) is 8.77. The summed E-state index contributed by atoms with van der Waals surface area (Å²) in [5.74, 6) is 0.587. The number of carbonyl (C=O) groups is 1. The highest BCUT2D eigenvalue weighted by Gasteiger charge is 2.06. The number of amides is 1. The van der Waals surface area contributed by atoms with Crippen LogP contribution in [0.3, 0.4) is 0 Å². The smallest absolute Gasteiger partial charge is 0.238 e. The van der Waals surface area contributed by atoms with Crippen LogP contribution in [0.5, 0.6) is 5.75 Å². The lowest BCUT2D eigenvalue weighted by Crippen LogP contribution is -2.30. The highest BCUT2D eigenvalue weighted by molar-refractivity contribution is 5.93. The molecule has 1 aromatic rings. The molecular formula is C13H20N2O3. The molecule has 0 fully saturated rings. The van der Waals surface area contributed by atoms with E-state index in [0.717, 1.165) is 0 Å². The summed E-state index contributed by atoms with van der Waals surface area (Å²) in [6.45, 7) is 3.97. The van der Waals surface area contributed by atoms with Gasteiger partial charge in [0, 0.05) is 13.7 Å². The Hall–Kier alpha value is -1.59. The largest absolute Gasteiger partial charge is 0.492 e. The van der Waals surface area contributed by atoms with Gasteiger partial charge in [0.1, 0.15) is 5.75 Å². The zero-order chi connectivity index (χ0) is 13.2. The van der Waals surface area contributed by atoms with Gasteiger partial charge in [-0.05, 0) is 19.1 Å². The second kappa shape index (κ2) is 8.49. The summed E-state index contributed by atoms with van der Waals surface area (Å²) < 4.78 is 10.3. The van der Waals surface area contributed by atoms with E-state index in [4.69, 9.17) is 9.47 Å². The zero-order valence-corrected chi connectivity index (χ0v) is 10.9. The van der Waals surface area contributed by atoms with Crippen molar-refractivity contribution >= 4 is 11.6 Å². The Morgan fingerprint density at radius 2 is 2.11 bits per heavy atom. The minimum atomic E-state index is -0.0988. The molecule has 0 atom stereocenters. The maximum Gasteiger partial charge on any atom is 0.238 e. The van der Waals surface area contributed by atoms with Gasteiger partial charge >= 0.3 is 0 Å². The van der Waals surface area contributed by atoms with Crippen molar-refractivity contribution in [1.29, 1.82) is 0 Å². The summed E-state index contributed by atoms with van der Waals surface area (Å²) in [6.07, 6.45) is 0. The van der Waals surface area contributed by atoms with Crippen molar-refractivity contribution in [1.82, 2.24) is 5.32 Å². The molecule has 0 aliphatic rings. The minimum Gasteiger partial charge on any atom is -0.492 e. The van der Waals surface area contributed by atoms with E-state index in [-0.39, 0.29) is 12.5 Å². The number of hydrogen-bond acceptors (Lipinski definition) is 4. The molecule has 2 N–H and O–H groups in total. The molecule has 5 nitrogen and oxygen atoms in total. The fraction of sp³-hybridized carbons (Fsp3) is 0.462. The second-order valence-corrected chi connectivity index (χ2v) is 3.65. The van der Waals surface area contributed by atoms with Crippen LogP contribution in [0.25, 0.3) is 0 Å². The van der Waals surface area contributed by atoms with Crippen molar-refractivity contribution < 1.29 is 14.3 Å². The lowest BCUT2D eigenvalue weighted by atomic mass is 10.3. The van der Waals surface area contributed by atoms with Gasteiger partial charge in [-0.25, -0.2) is 0 Å². The minimum absolute atomic E-state index is 0.0988. The van der Waals surface area contributed by atoms with E-state index in [9.17, 15) is 4.79 Å². The molecule has 18 heavy (non-hydrogen) atoms. The molecule has 5 heteroatoms. The van der Waals surface area contributed by atoms with Gasteiger partial charge in [0.25, 0.3) is 0 Å². The summed E-state index contributed by atoms with van der Waals surface area (Å²) in [5, 5.41) is 5.78. The summed E-state index contributed by atoms with van der Waals surface area (Å²) in [6, 6.07) is 7.38. The van der Waals surface area contributed by atoms with E-state index in [2.05, 4.69) is 10.6 Å². The fourth-order valence-corrected chi connectivity index (χ4v) is 1.42. The third-order valence-electron chi connectivity index (χ3n) is 2.23. The zero-order valence-electron chi connectivity index (χ0n) is 10.9. The third-order valence-corrected chi connectivity index (χ3v) is 2.23. The molecule has 1 amide bonds. The summed E-state index contributed by atoms with van der Waals surface area (Å²) in [5.41, 5.74) is 0.692. The van der Waals surface area contributed by atoms with Gasteiger partial charge in [-0.3, -0.25) is 4.79 Å². The molecule has 0 spiro atoms. The van der Waals surface area contributed by atoms with Crippen molar-refractivity contribution in [3.05, 3.63) is 24.3 Å². The maximum absolute atomic E-state index is 11.7. The molecule has 0 aliphatic carbocycles. The molecule has 0 unspecified atom stereocenters. The molecule has 0 radical (unpaired) electrons. The van der Waals surface area contributed by atoms with E-state index in [1.807, 2.05) is 31.2 Å². The van der Waals surface area contributed by atoms with Gasteiger partial charge < -0.3 is 20.1 Å². The Bertz CT molecular complexity index is 369. The van der Waals surface area contributed by atoms with E-state index in [1.54, 1.807) is 7.11 Å². The summed E-state index contributed by atoms with van der Waals surface area (Å²) >= 11 is 0. The number of carbonyl (C=O) groups excluding carboxylic acids is 1. The molecule has 100 valence electrons. The number of anilines is 1. The molecule has 1 aromatic carbocycles. The van der Waals surface area contributed by atoms with Crippen LogP contribution in [0.4, 0.5) is 5.69 Å². The van der Waals surface area contributed by atoms with Gasteiger partial charge in [0.05, 0.1) is 25.4 Å². The Balaban J connectivity index is 2.43. The van der Waals surface area contributed by atoms with E-state index >= 15 is 0 Å². The number of benzene rings is 1. The predicted molar refractivity (Wildman–Crippen MR) is 71.0 cm³/mol. The van der Waals surface area contributed by atoms with Crippen LogP contribution in [-0.2, 0) is 9.53 Å². The van der Waals surface area contributed by atoms with Crippen LogP contribution in [0.15, 0.2) is 24.3 Å². The van der Waals surface area contributed by atoms with Crippen LogP contribution >= 0.6 is 0 Å². The van der Waals surface area contributed by atoms with Crippen molar-refractivity contribution in [2.24, 2.45) is 0 Å². The summed E-state index contributed by atoms with van der Waals surface area (Å²) in [7, 11) is 1.63. The first kappa shape index (κ1) is 14.5. The van der Waals surface area contributed by atoms with Crippen LogP contribution in [0.1, 0.15) is 6.92 Å². The predicted octanol–water partition coefficient (Wildman–Crippen LogP) is 1.26. The SMILES string of the molecule is CCOc1ccccc1NC(=O)CNCCOC. The van der Waals surface area contributed by atoms with Crippen LogP contribution < -0.4 is 15.4 Å². The average Bonchev–Trinajstić information content (AvgIpc) is 2.37. The molecule has 0 heterocycles.